The van der Waals surface area contributed by atoms with E-state index in [9.17, 15) is 0 Å². The molecule has 6 rings (SSSR count). The molecule has 0 aromatic heterocycles. The van der Waals surface area contributed by atoms with Gasteiger partial charge < -0.3 is 42.6 Å². The first kappa shape index (κ1) is 42.9. The van der Waals surface area contributed by atoms with Crippen LogP contribution in [0, 0.1) is 0 Å². The van der Waals surface area contributed by atoms with Crippen molar-refractivity contribution in [2.45, 2.75) is 0 Å². The SMILES string of the molecule is COc1cc(OC)c(P(c2c(OC)cc(OC)cc2OC)c2c(OC)cc(OC)cc2OC)c(OC)c1.c1ccc(Pc2ccccc2Pc2ccccc2)cc1. The lowest BCUT2D eigenvalue weighted by Gasteiger charge is -2.29. The van der Waals surface area contributed by atoms with Gasteiger partial charge in [-0.3, -0.25) is 0 Å². The van der Waals surface area contributed by atoms with Gasteiger partial charge in [-0.05, 0) is 21.2 Å². The molecule has 0 saturated heterocycles. The third kappa shape index (κ3) is 10.4. The number of hydrogen-bond donors (Lipinski definition) is 0. The smallest absolute Gasteiger partial charge is 0.134 e. The summed E-state index contributed by atoms with van der Waals surface area (Å²) >= 11 is 0. The molecular weight excluding hydrogens is 777 g/mol. The van der Waals surface area contributed by atoms with Crippen molar-refractivity contribution in [3.05, 3.63) is 121 Å². The van der Waals surface area contributed by atoms with Crippen molar-refractivity contribution >= 4 is 62.2 Å². The Balaban J connectivity index is 0.000000259. The maximum atomic E-state index is 5.88. The summed E-state index contributed by atoms with van der Waals surface area (Å²) in [5, 5.41) is 7.94. The van der Waals surface area contributed by atoms with Gasteiger partial charge in [0.1, 0.15) is 51.7 Å². The van der Waals surface area contributed by atoms with E-state index in [1.165, 1.54) is 21.2 Å². The second kappa shape index (κ2) is 21.4. The third-order valence-electron chi connectivity index (χ3n) is 8.77. The van der Waals surface area contributed by atoms with Crippen LogP contribution in [0.4, 0.5) is 0 Å². The summed E-state index contributed by atoms with van der Waals surface area (Å²) in [5.74, 6) is 5.00. The molecule has 0 aliphatic rings. The van der Waals surface area contributed by atoms with Gasteiger partial charge in [0.2, 0.25) is 0 Å². The zero-order valence-electron chi connectivity index (χ0n) is 33.7. The van der Waals surface area contributed by atoms with Crippen molar-refractivity contribution in [2.75, 3.05) is 64.0 Å². The van der Waals surface area contributed by atoms with Crippen molar-refractivity contribution in [2.24, 2.45) is 0 Å². The summed E-state index contributed by atoms with van der Waals surface area (Å²) in [6.07, 6.45) is 0. The molecule has 2 atom stereocenters. The second-order valence-corrected chi connectivity index (χ2v) is 16.7. The summed E-state index contributed by atoms with van der Waals surface area (Å²) in [7, 11) is 14.2. The highest BCUT2D eigenvalue weighted by molar-refractivity contribution is 7.81. The second-order valence-electron chi connectivity index (χ2n) is 12.0. The van der Waals surface area contributed by atoms with Gasteiger partial charge in [-0.15, -0.1) is 0 Å². The predicted molar refractivity (Wildman–Crippen MR) is 239 cm³/mol. The molecule has 0 spiro atoms. The minimum Gasteiger partial charge on any atom is -0.496 e. The van der Waals surface area contributed by atoms with E-state index < -0.39 is 7.92 Å². The minimum absolute atomic E-state index is 0.544. The van der Waals surface area contributed by atoms with Gasteiger partial charge in [0, 0.05) is 44.3 Å². The Morgan fingerprint density at radius 1 is 0.316 bits per heavy atom. The molecule has 6 aromatic carbocycles. The van der Waals surface area contributed by atoms with Gasteiger partial charge >= 0.3 is 0 Å². The highest BCUT2D eigenvalue weighted by Gasteiger charge is 2.36. The normalized spacial score (nSPS) is 10.9. The largest absolute Gasteiger partial charge is 0.496 e. The Labute approximate surface area is 340 Å². The van der Waals surface area contributed by atoms with E-state index in [4.69, 9.17) is 42.6 Å². The Hall–Kier alpha value is -5.19. The van der Waals surface area contributed by atoms with Crippen molar-refractivity contribution in [3.63, 3.8) is 0 Å². The van der Waals surface area contributed by atoms with E-state index in [0.29, 0.717) is 51.7 Å². The average Bonchev–Trinajstić information content (AvgIpc) is 3.27. The first-order chi connectivity index (χ1) is 27.9. The van der Waals surface area contributed by atoms with Crippen LogP contribution >= 0.6 is 25.1 Å². The van der Waals surface area contributed by atoms with Crippen molar-refractivity contribution in [3.8, 4) is 51.7 Å². The lowest BCUT2D eigenvalue weighted by Crippen LogP contribution is -2.27. The lowest BCUT2D eigenvalue weighted by molar-refractivity contribution is 0.378. The summed E-state index contributed by atoms with van der Waals surface area (Å²) in [6.45, 7) is 0. The molecule has 0 amide bonds. The first-order valence-corrected chi connectivity index (χ1v) is 21.1. The zero-order chi connectivity index (χ0) is 40.7. The summed E-state index contributed by atoms with van der Waals surface area (Å²) in [6, 6.07) is 41.1. The van der Waals surface area contributed by atoms with Gasteiger partial charge in [0.05, 0.1) is 79.9 Å². The highest BCUT2D eigenvalue weighted by Crippen LogP contribution is 2.51. The van der Waals surface area contributed by atoms with Gasteiger partial charge in [0.25, 0.3) is 0 Å². The van der Waals surface area contributed by atoms with Crippen LogP contribution < -0.4 is 79.8 Å². The van der Waals surface area contributed by atoms with Crippen LogP contribution in [-0.4, -0.2) is 64.0 Å². The quantitative estimate of drug-likeness (QED) is 0.102. The number of methoxy groups -OCH3 is 9. The molecule has 298 valence electrons. The molecule has 57 heavy (non-hydrogen) atoms. The Bertz CT molecular complexity index is 1910. The van der Waals surface area contributed by atoms with Crippen LogP contribution in [0.5, 0.6) is 51.7 Å². The molecule has 0 aliphatic carbocycles. The summed E-state index contributed by atoms with van der Waals surface area (Å²) < 4.78 is 51.8. The maximum Gasteiger partial charge on any atom is 0.134 e. The first-order valence-electron chi connectivity index (χ1n) is 17.8. The molecule has 6 aromatic rings. The third-order valence-corrected chi connectivity index (χ3v) is 14.3. The molecule has 0 saturated carbocycles. The Morgan fingerprint density at radius 2 is 0.561 bits per heavy atom. The fourth-order valence-electron chi connectivity index (χ4n) is 6.01. The number of benzene rings is 6. The maximum absolute atomic E-state index is 5.88. The Morgan fingerprint density at radius 3 is 0.789 bits per heavy atom. The molecule has 12 heteroatoms. The van der Waals surface area contributed by atoms with Gasteiger partial charge in [-0.1, -0.05) is 102 Å². The predicted octanol–water partition coefficient (Wildman–Crippen LogP) is 6.47. The van der Waals surface area contributed by atoms with E-state index in [1.807, 2.05) is 0 Å². The van der Waals surface area contributed by atoms with E-state index in [2.05, 4.69) is 84.9 Å². The summed E-state index contributed by atoms with van der Waals surface area (Å²) in [5.41, 5.74) is 0. The van der Waals surface area contributed by atoms with Crippen LogP contribution in [0.2, 0.25) is 0 Å². The molecular formula is C45H49O9P3. The standard InChI is InChI=1S/C27H33O9P.C18H16P2/c1-28-16-10-19(31-4)25(20(11-16)32-5)37(26-21(33-6)12-17(29-2)13-22(26)34-7)27-23(35-8)14-18(30-3)15-24(27)36-9;1-3-9-15(10-4-1)19-17-13-7-8-14-18(17)20-16-11-5-2-6-12-16/h10-15H,1-9H3;1-14,19-20H. The molecule has 2 unspecified atom stereocenters. The van der Waals surface area contributed by atoms with Crippen LogP contribution in [0.15, 0.2) is 121 Å². The van der Waals surface area contributed by atoms with Crippen LogP contribution in [0.3, 0.4) is 0 Å². The average molecular weight is 827 g/mol. The lowest BCUT2D eigenvalue weighted by atomic mass is 10.3. The number of rotatable bonds is 16. The molecule has 0 N–H and O–H groups in total. The van der Waals surface area contributed by atoms with Gasteiger partial charge in [-0.2, -0.15) is 0 Å². The van der Waals surface area contributed by atoms with Crippen LogP contribution in [0.25, 0.3) is 0 Å². The van der Waals surface area contributed by atoms with Gasteiger partial charge in [0.15, 0.2) is 0 Å². The van der Waals surface area contributed by atoms with Crippen molar-refractivity contribution < 1.29 is 42.6 Å². The Kier molecular flexibility index (Phi) is 16.1. The highest BCUT2D eigenvalue weighted by atomic mass is 31.1. The van der Waals surface area contributed by atoms with Crippen molar-refractivity contribution in [1.82, 2.24) is 0 Å². The zero-order valence-corrected chi connectivity index (χ0v) is 36.6. The van der Waals surface area contributed by atoms with Crippen LogP contribution in [0.1, 0.15) is 0 Å². The number of ether oxygens (including phenoxy) is 9. The van der Waals surface area contributed by atoms with Gasteiger partial charge in [-0.25, -0.2) is 0 Å². The topological polar surface area (TPSA) is 83.1 Å². The molecule has 0 aliphatic heterocycles. The molecule has 0 heterocycles. The number of hydrogen-bond acceptors (Lipinski definition) is 9. The molecule has 0 fully saturated rings. The fraction of sp³-hybridized carbons (Fsp3) is 0.200. The molecule has 0 bridgehead atoms. The van der Waals surface area contributed by atoms with E-state index in [-0.39, 0.29) is 0 Å². The minimum atomic E-state index is -1.57. The monoisotopic (exact) mass is 826 g/mol. The van der Waals surface area contributed by atoms with Crippen molar-refractivity contribution in [1.29, 1.82) is 0 Å². The van der Waals surface area contributed by atoms with E-state index in [1.54, 1.807) is 100 Å². The fourth-order valence-corrected chi connectivity index (χ4v) is 11.5. The molecule has 0 radical (unpaired) electrons. The summed E-state index contributed by atoms with van der Waals surface area (Å²) in [4.78, 5) is 0. The van der Waals surface area contributed by atoms with E-state index in [0.717, 1.165) is 33.1 Å². The van der Waals surface area contributed by atoms with E-state index >= 15 is 0 Å². The molecule has 9 nitrogen and oxygen atoms in total. The van der Waals surface area contributed by atoms with Crippen LogP contribution in [-0.2, 0) is 0 Å².